The van der Waals surface area contributed by atoms with Crippen LogP contribution >= 0.6 is 11.3 Å². The summed E-state index contributed by atoms with van der Waals surface area (Å²) in [4.78, 5) is 16.0. The van der Waals surface area contributed by atoms with Gasteiger partial charge in [-0.15, -0.1) is 11.3 Å². The molecule has 8 heteroatoms. The standard InChI is InChI=1S/C29H27F2NO4S/c1-18-14-20(31)2-8-24(18)27(34)29-28(25-9-3-21(33)15-26(25)37-29)36-23-6-4-22(5-7-23)35-13-12-32-11-10-19(16-30)17-32/h2-9,14-15,19,33H,10-13,16-17H2,1H3/t19-/m1/s1. The molecule has 2 heterocycles. The maximum atomic E-state index is 13.6. The lowest BCUT2D eigenvalue weighted by Crippen LogP contribution is -2.26. The third-order valence-electron chi connectivity index (χ3n) is 6.58. The molecule has 0 amide bonds. The topological polar surface area (TPSA) is 59.0 Å². The van der Waals surface area contributed by atoms with Crippen LogP contribution in [0.2, 0.25) is 0 Å². The summed E-state index contributed by atoms with van der Waals surface area (Å²) < 4.78 is 39.2. The van der Waals surface area contributed by atoms with Crippen LogP contribution in [0.1, 0.15) is 27.2 Å². The third-order valence-corrected chi connectivity index (χ3v) is 7.71. The maximum absolute atomic E-state index is 13.6. The first-order valence-electron chi connectivity index (χ1n) is 12.2. The molecular weight excluding hydrogens is 496 g/mol. The third kappa shape index (κ3) is 5.60. The van der Waals surface area contributed by atoms with Gasteiger partial charge in [-0.3, -0.25) is 14.1 Å². The SMILES string of the molecule is Cc1cc(F)ccc1C(=O)c1sc2cc(O)ccc2c1Oc1ccc(OCCN2CC[C@H](CF)C2)cc1. The van der Waals surface area contributed by atoms with Crippen molar-refractivity contribution in [2.45, 2.75) is 13.3 Å². The van der Waals surface area contributed by atoms with Crippen LogP contribution in [-0.2, 0) is 0 Å². The van der Waals surface area contributed by atoms with Gasteiger partial charge in [0.05, 0.1) is 6.67 Å². The highest BCUT2D eigenvalue weighted by Crippen LogP contribution is 2.43. The van der Waals surface area contributed by atoms with Crippen LogP contribution < -0.4 is 9.47 Å². The summed E-state index contributed by atoms with van der Waals surface area (Å²) in [5.74, 6) is 1.15. The summed E-state index contributed by atoms with van der Waals surface area (Å²) in [6.07, 6.45) is 0.893. The average Bonchev–Trinajstić information content (AvgIpc) is 3.49. The quantitative estimate of drug-likeness (QED) is 0.246. The smallest absolute Gasteiger partial charge is 0.207 e. The number of phenols is 1. The molecule has 1 N–H and O–H groups in total. The molecule has 0 radical (unpaired) electrons. The lowest BCUT2D eigenvalue weighted by Gasteiger charge is -2.16. The van der Waals surface area contributed by atoms with E-state index in [9.17, 15) is 18.7 Å². The molecule has 0 unspecified atom stereocenters. The number of thiophene rings is 1. The number of hydrogen-bond donors (Lipinski definition) is 1. The first-order valence-corrected chi connectivity index (χ1v) is 13.0. The number of likely N-dealkylation sites (tertiary alicyclic amines) is 1. The molecule has 5 rings (SSSR count). The van der Waals surface area contributed by atoms with E-state index in [2.05, 4.69) is 4.90 Å². The predicted octanol–water partition coefficient (Wildman–Crippen LogP) is 6.75. The Bertz CT molecular complexity index is 1420. The van der Waals surface area contributed by atoms with Gasteiger partial charge < -0.3 is 14.6 Å². The number of ketones is 1. The lowest BCUT2D eigenvalue weighted by molar-refractivity contribution is 0.104. The molecule has 1 aromatic heterocycles. The Morgan fingerprint density at radius 3 is 2.62 bits per heavy atom. The minimum absolute atomic E-state index is 0.0907. The average molecular weight is 524 g/mol. The first kappa shape index (κ1) is 25.2. The molecular formula is C29H27F2NO4S. The van der Waals surface area contributed by atoms with E-state index in [1.54, 1.807) is 49.4 Å². The minimum atomic E-state index is -0.404. The van der Waals surface area contributed by atoms with Gasteiger partial charge in [0, 0.05) is 34.7 Å². The molecule has 0 bridgehead atoms. The van der Waals surface area contributed by atoms with Gasteiger partial charge in [0.1, 0.15) is 34.5 Å². The van der Waals surface area contributed by atoms with Crippen molar-refractivity contribution in [3.63, 3.8) is 0 Å². The van der Waals surface area contributed by atoms with Crippen molar-refractivity contribution >= 4 is 27.2 Å². The van der Waals surface area contributed by atoms with Crippen LogP contribution in [-0.4, -0.2) is 48.7 Å². The van der Waals surface area contributed by atoms with Crippen LogP contribution in [0.3, 0.4) is 0 Å². The van der Waals surface area contributed by atoms with Crippen molar-refractivity contribution in [3.8, 4) is 23.0 Å². The molecule has 37 heavy (non-hydrogen) atoms. The normalized spacial score (nSPS) is 15.8. The van der Waals surface area contributed by atoms with Crippen LogP contribution in [0.15, 0.2) is 60.7 Å². The van der Waals surface area contributed by atoms with E-state index in [0.29, 0.717) is 49.9 Å². The number of aromatic hydroxyl groups is 1. The highest BCUT2D eigenvalue weighted by Gasteiger charge is 2.24. The number of benzene rings is 3. The zero-order valence-electron chi connectivity index (χ0n) is 20.4. The Kier molecular flexibility index (Phi) is 7.39. The maximum Gasteiger partial charge on any atom is 0.207 e. The van der Waals surface area contributed by atoms with E-state index in [4.69, 9.17) is 9.47 Å². The largest absolute Gasteiger partial charge is 0.508 e. The molecule has 1 atom stereocenters. The number of hydrogen-bond acceptors (Lipinski definition) is 6. The zero-order chi connectivity index (χ0) is 25.9. The first-order chi connectivity index (χ1) is 17.9. The Morgan fingerprint density at radius 2 is 1.89 bits per heavy atom. The molecule has 0 saturated carbocycles. The Labute approximate surface area is 217 Å². The fraction of sp³-hybridized carbons (Fsp3) is 0.276. The predicted molar refractivity (Wildman–Crippen MR) is 141 cm³/mol. The molecule has 1 aliphatic heterocycles. The van der Waals surface area contributed by atoms with Crippen LogP contribution in [0.4, 0.5) is 8.78 Å². The van der Waals surface area contributed by atoms with Gasteiger partial charge in [0.25, 0.3) is 0 Å². The van der Waals surface area contributed by atoms with E-state index >= 15 is 0 Å². The number of carbonyl (C=O) groups is 1. The second kappa shape index (κ2) is 10.9. The highest BCUT2D eigenvalue weighted by atomic mass is 32.1. The van der Waals surface area contributed by atoms with Gasteiger partial charge in [0.2, 0.25) is 5.78 Å². The van der Waals surface area contributed by atoms with Crippen molar-refractivity contribution in [2.24, 2.45) is 5.92 Å². The van der Waals surface area contributed by atoms with Gasteiger partial charge in [-0.2, -0.15) is 0 Å². The monoisotopic (exact) mass is 523 g/mol. The number of phenolic OH excluding ortho intramolecular Hbond substituents is 1. The van der Waals surface area contributed by atoms with E-state index in [-0.39, 0.29) is 24.1 Å². The molecule has 0 aliphatic carbocycles. The molecule has 4 aromatic rings. The molecule has 1 saturated heterocycles. The number of alkyl halides is 1. The van der Waals surface area contributed by atoms with Crippen molar-refractivity contribution in [1.82, 2.24) is 4.90 Å². The fourth-order valence-corrected chi connectivity index (χ4v) is 5.69. The second-order valence-electron chi connectivity index (χ2n) is 9.26. The number of carbonyl (C=O) groups excluding carboxylic acids is 1. The fourth-order valence-electron chi connectivity index (χ4n) is 4.57. The number of nitrogens with zero attached hydrogens (tertiary/aromatic N) is 1. The number of halogens is 2. The van der Waals surface area contributed by atoms with Crippen LogP contribution in [0.5, 0.6) is 23.0 Å². The number of aryl methyl sites for hydroxylation is 1. The van der Waals surface area contributed by atoms with Crippen LogP contribution in [0, 0.1) is 18.7 Å². The molecule has 1 aliphatic rings. The van der Waals surface area contributed by atoms with Gasteiger partial charge in [0.15, 0.2) is 5.75 Å². The second-order valence-corrected chi connectivity index (χ2v) is 10.3. The van der Waals surface area contributed by atoms with Crippen molar-refractivity contribution in [2.75, 3.05) is 32.9 Å². The Morgan fingerprint density at radius 1 is 1.11 bits per heavy atom. The van der Waals surface area contributed by atoms with Gasteiger partial charge in [-0.05, 0) is 86.1 Å². The Hall–Kier alpha value is -3.49. The van der Waals surface area contributed by atoms with Crippen LogP contribution in [0.25, 0.3) is 10.1 Å². The summed E-state index contributed by atoms with van der Waals surface area (Å²) >= 11 is 1.22. The molecule has 192 valence electrons. The van der Waals surface area contributed by atoms with Gasteiger partial charge >= 0.3 is 0 Å². The minimum Gasteiger partial charge on any atom is -0.508 e. The zero-order valence-corrected chi connectivity index (χ0v) is 21.2. The van der Waals surface area contributed by atoms with Crippen molar-refractivity contribution in [3.05, 3.63) is 82.5 Å². The molecule has 3 aromatic carbocycles. The summed E-state index contributed by atoms with van der Waals surface area (Å²) in [6.45, 7) is 4.35. The van der Waals surface area contributed by atoms with E-state index < -0.39 is 5.82 Å². The summed E-state index contributed by atoms with van der Waals surface area (Å²) in [6, 6.07) is 16.1. The number of ether oxygens (including phenoxy) is 2. The molecule has 0 spiro atoms. The van der Waals surface area contributed by atoms with E-state index in [1.807, 2.05) is 0 Å². The van der Waals surface area contributed by atoms with E-state index in [0.717, 1.165) is 26.1 Å². The van der Waals surface area contributed by atoms with Crippen molar-refractivity contribution in [1.29, 1.82) is 0 Å². The Balaban J connectivity index is 1.34. The van der Waals surface area contributed by atoms with Gasteiger partial charge in [-0.25, -0.2) is 4.39 Å². The van der Waals surface area contributed by atoms with E-state index in [1.165, 1.54) is 29.5 Å². The van der Waals surface area contributed by atoms with Crippen molar-refractivity contribution < 1.29 is 28.2 Å². The van der Waals surface area contributed by atoms with Gasteiger partial charge in [-0.1, -0.05) is 0 Å². The number of rotatable bonds is 9. The molecule has 1 fully saturated rings. The molecule has 5 nitrogen and oxygen atoms in total. The number of fused-ring (bicyclic) bond motifs is 1. The summed E-state index contributed by atoms with van der Waals surface area (Å²) in [7, 11) is 0. The summed E-state index contributed by atoms with van der Waals surface area (Å²) in [5.41, 5.74) is 0.925. The highest BCUT2D eigenvalue weighted by molar-refractivity contribution is 7.21. The summed E-state index contributed by atoms with van der Waals surface area (Å²) in [5, 5.41) is 10.7. The lowest BCUT2D eigenvalue weighted by atomic mass is 10.0.